The van der Waals surface area contributed by atoms with Crippen molar-refractivity contribution in [2.24, 2.45) is 5.16 Å². The van der Waals surface area contributed by atoms with E-state index in [0.29, 0.717) is 16.3 Å². The predicted octanol–water partition coefficient (Wildman–Crippen LogP) is 0.100. The van der Waals surface area contributed by atoms with Crippen molar-refractivity contribution in [1.29, 1.82) is 0 Å². The minimum absolute atomic E-state index is 0.00869. The average Bonchev–Trinajstić information content (AvgIpc) is 3.72. The van der Waals surface area contributed by atoms with Crippen LogP contribution in [-0.4, -0.2) is 117 Å². The number of aryl methyl sites for hydroxylation is 1. The number of nitrogens with two attached hydrogens (primary N) is 1. The van der Waals surface area contributed by atoms with Crippen molar-refractivity contribution in [1.82, 2.24) is 34.8 Å². The van der Waals surface area contributed by atoms with E-state index in [2.05, 4.69) is 30.5 Å². The zero-order valence-corrected chi connectivity index (χ0v) is 29.4. The summed E-state index contributed by atoms with van der Waals surface area (Å²) in [4.78, 5) is 57.8. The van der Waals surface area contributed by atoms with Gasteiger partial charge in [0.1, 0.15) is 41.0 Å². The zero-order valence-electron chi connectivity index (χ0n) is 26.2. The largest absolute Gasteiger partial charge is 0.504 e. The van der Waals surface area contributed by atoms with Gasteiger partial charge in [0, 0.05) is 28.6 Å². The number of benzene rings is 1. The van der Waals surface area contributed by atoms with E-state index in [1.54, 1.807) is 13.0 Å². The number of hydrogen-bond donors (Lipinski definition) is 6. The number of rotatable bonds is 13. The Labute approximate surface area is 300 Å². The second-order valence-corrected chi connectivity index (χ2v) is 16.0. The molecule has 3 aromatic heterocycles. The van der Waals surface area contributed by atoms with E-state index in [9.17, 15) is 43.2 Å². The van der Waals surface area contributed by atoms with Crippen LogP contribution in [0.5, 0.6) is 11.5 Å². The number of nitrogens with one attached hydrogen (secondary N) is 1. The molecule has 0 aliphatic carbocycles. The van der Waals surface area contributed by atoms with Crippen LogP contribution in [0.2, 0.25) is 0 Å². The third kappa shape index (κ3) is 7.28. The number of hydrogen-bond acceptors (Lipinski definition) is 18. The number of carboxylic acid groups (broad SMARTS) is 1. The minimum atomic E-state index is -3.99. The molecule has 51 heavy (non-hydrogen) atoms. The third-order valence-corrected chi connectivity index (χ3v) is 12.2. The SMILES string of the molecule is Cc1cc(SCC2=C(C(=O)O)N3C(=O)[C@@H](NC(=O)/C(=N/OCCS(=O)(=O)c4ccc(O)c(O)c4)c4csc(N)n4)[C@H]3SC2)n2nc(CO)nc2n1. The van der Waals surface area contributed by atoms with Crippen molar-refractivity contribution in [2.75, 3.05) is 29.6 Å². The molecule has 2 aliphatic rings. The molecule has 1 fully saturated rings. The highest BCUT2D eigenvalue weighted by atomic mass is 32.2. The Bertz CT molecular complexity index is 2240. The van der Waals surface area contributed by atoms with Crippen molar-refractivity contribution < 1.29 is 48.1 Å². The van der Waals surface area contributed by atoms with Crippen molar-refractivity contribution >= 4 is 79.1 Å². The number of carbonyl (C=O) groups excluding carboxylic acids is 2. The van der Waals surface area contributed by atoms with Crippen molar-refractivity contribution in [3.05, 3.63) is 58.1 Å². The number of amides is 2. The maximum atomic E-state index is 13.4. The molecule has 6 rings (SSSR count). The molecule has 0 spiro atoms. The number of aliphatic carboxylic acids is 1. The summed E-state index contributed by atoms with van der Waals surface area (Å²) in [5, 5.41) is 50.6. The monoisotopic (exact) mass is 777 g/mol. The highest BCUT2D eigenvalue weighted by Crippen LogP contribution is 2.41. The van der Waals surface area contributed by atoms with Crippen LogP contribution in [-0.2, 0) is 35.7 Å². The number of thioether (sulfide) groups is 2. The van der Waals surface area contributed by atoms with E-state index in [1.807, 2.05) is 0 Å². The Morgan fingerprint density at radius 1 is 1.20 bits per heavy atom. The van der Waals surface area contributed by atoms with Gasteiger partial charge in [-0.3, -0.25) is 14.5 Å². The Kier molecular flexibility index (Phi) is 10.1. The number of phenols is 2. The van der Waals surface area contributed by atoms with E-state index in [-0.39, 0.29) is 51.1 Å². The van der Waals surface area contributed by atoms with Gasteiger partial charge in [-0.15, -0.1) is 40.0 Å². The fourth-order valence-electron chi connectivity index (χ4n) is 5.00. The van der Waals surface area contributed by atoms with Gasteiger partial charge in [0.15, 0.2) is 38.0 Å². The predicted molar refractivity (Wildman–Crippen MR) is 183 cm³/mol. The fourth-order valence-corrected chi connectivity index (χ4v) is 9.18. The number of fused-ring (bicyclic) bond motifs is 2. The summed E-state index contributed by atoms with van der Waals surface area (Å²) in [5.41, 5.74) is 6.22. The summed E-state index contributed by atoms with van der Waals surface area (Å²) in [6, 6.07) is 3.61. The summed E-state index contributed by atoms with van der Waals surface area (Å²) in [7, 11) is -3.99. The van der Waals surface area contributed by atoms with Gasteiger partial charge in [0.25, 0.3) is 17.6 Å². The van der Waals surface area contributed by atoms with Crippen LogP contribution in [0.1, 0.15) is 17.2 Å². The van der Waals surface area contributed by atoms with Gasteiger partial charge in [-0.1, -0.05) is 5.16 Å². The lowest BCUT2D eigenvalue weighted by Crippen LogP contribution is -2.71. The molecule has 2 amide bonds. The Morgan fingerprint density at radius 3 is 2.67 bits per heavy atom. The van der Waals surface area contributed by atoms with Gasteiger partial charge in [0.05, 0.1) is 10.6 Å². The molecular weight excluding hydrogens is 751 g/mol. The number of aliphatic hydroxyl groups excluding tert-OH is 1. The minimum Gasteiger partial charge on any atom is -0.504 e. The first kappa shape index (κ1) is 35.8. The zero-order chi connectivity index (χ0) is 36.6. The maximum absolute atomic E-state index is 13.4. The standard InChI is InChI=1S/C28H27N9O10S4/c1-12-6-19(37-28(30-12)32-18(8-38)34-37)48-9-13-10-49-25-21(24(42)36(25)22(13)26(43)44)33-23(41)20(15-11-50-27(29)31-15)35-47-4-5-51(45,46)14-2-3-16(39)17(40)7-14/h2-3,6-7,11,21,25,38-40H,4-5,8-10H2,1H3,(H2,29,31)(H,33,41)(H,43,44)/b35-20+/t21-,25-/m1/s1. The normalized spacial score (nSPS) is 17.7. The van der Waals surface area contributed by atoms with E-state index < -0.39 is 68.6 Å². The number of nitrogens with zero attached hydrogens (tertiary/aromatic N) is 7. The molecule has 268 valence electrons. The molecule has 2 aliphatic heterocycles. The van der Waals surface area contributed by atoms with Gasteiger partial charge in [-0.05, 0) is 30.7 Å². The number of carbonyl (C=O) groups is 3. The lowest BCUT2D eigenvalue weighted by Gasteiger charge is -2.49. The molecule has 5 heterocycles. The summed E-state index contributed by atoms with van der Waals surface area (Å²) < 4.78 is 26.8. The second kappa shape index (κ2) is 14.3. The molecule has 4 aromatic rings. The first-order valence-corrected chi connectivity index (χ1v) is 19.2. The first-order chi connectivity index (χ1) is 24.3. The maximum Gasteiger partial charge on any atom is 0.352 e. The van der Waals surface area contributed by atoms with E-state index in [4.69, 9.17) is 10.6 Å². The number of oxime groups is 1. The first-order valence-electron chi connectivity index (χ1n) is 14.6. The van der Waals surface area contributed by atoms with Crippen molar-refractivity contribution in [3.8, 4) is 11.5 Å². The molecule has 7 N–H and O–H groups in total. The molecule has 0 bridgehead atoms. The molecule has 1 aromatic carbocycles. The number of carboxylic acids is 1. The van der Waals surface area contributed by atoms with Gasteiger partial charge in [-0.2, -0.15) is 9.50 Å². The van der Waals surface area contributed by atoms with Gasteiger partial charge in [-0.25, -0.2) is 23.2 Å². The van der Waals surface area contributed by atoms with Crippen LogP contribution in [0.4, 0.5) is 5.13 Å². The highest BCUT2D eigenvalue weighted by molar-refractivity contribution is 8.01. The molecule has 0 saturated carbocycles. The summed E-state index contributed by atoms with van der Waals surface area (Å²) >= 11 is 3.51. The van der Waals surface area contributed by atoms with Crippen molar-refractivity contribution in [3.63, 3.8) is 0 Å². The van der Waals surface area contributed by atoms with Crippen molar-refractivity contribution in [2.45, 2.75) is 34.9 Å². The van der Waals surface area contributed by atoms with Crippen LogP contribution in [0.25, 0.3) is 5.78 Å². The smallest absolute Gasteiger partial charge is 0.352 e. The number of β-lactam (4-membered cyclic amide) rings is 1. The van der Waals surface area contributed by atoms with Crippen LogP contribution in [0, 0.1) is 6.92 Å². The van der Waals surface area contributed by atoms with Gasteiger partial charge < -0.3 is 36.3 Å². The fraction of sp³-hybridized carbons (Fsp3) is 0.286. The second-order valence-electron chi connectivity index (χ2n) is 10.9. The topological polar surface area (TPSA) is 285 Å². The average molecular weight is 778 g/mol. The number of aliphatic hydroxyl groups is 1. The Balaban J connectivity index is 1.15. The number of thiazole rings is 1. The third-order valence-electron chi connectivity index (χ3n) is 7.41. The number of sulfone groups is 1. The lowest BCUT2D eigenvalue weighted by atomic mass is 10.0. The summed E-state index contributed by atoms with van der Waals surface area (Å²) in [6.07, 6.45) is 0. The van der Waals surface area contributed by atoms with Crippen LogP contribution in [0.3, 0.4) is 0 Å². The molecule has 0 unspecified atom stereocenters. The van der Waals surface area contributed by atoms with Gasteiger partial charge in [0.2, 0.25) is 0 Å². The molecule has 2 atom stereocenters. The van der Waals surface area contributed by atoms with Gasteiger partial charge >= 0.3 is 5.97 Å². The Morgan fingerprint density at radius 2 is 1.98 bits per heavy atom. The number of phenolic OH excluding ortho intramolecular Hbond substituents is 2. The quantitative estimate of drug-likeness (QED) is 0.0200. The summed E-state index contributed by atoms with van der Waals surface area (Å²) in [6.45, 7) is 0.855. The number of aromatic nitrogens is 5. The number of aromatic hydroxyl groups is 2. The molecular formula is C28H27N9O10S4. The van der Waals surface area contributed by atoms with E-state index in [0.717, 1.165) is 34.4 Å². The summed E-state index contributed by atoms with van der Waals surface area (Å²) in [5.74, 6) is -3.77. The van der Waals surface area contributed by atoms with Crippen LogP contribution >= 0.6 is 34.9 Å². The number of anilines is 1. The van der Waals surface area contributed by atoms with E-state index >= 15 is 0 Å². The molecule has 19 nitrogen and oxygen atoms in total. The Hall–Kier alpha value is -4.97. The van der Waals surface area contributed by atoms with Crippen LogP contribution in [0.15, 0.2) is 56.0 Å². The lowest BCUT2D eigenvalue weighted by molar-refractivity contribution is -0.150. The molecule has 0 radical (unpaired) electrons. The van der Waals surface area contributed by atoms with E-state index in [1.165, 1.54) is 33.4 Å². The highest BCUT2D eigenvalue weighted by Gasteiger charge is 2.54. The molecule has 1 saturated heterocycles. The van der Waals surface area contributed by atoms with Crippen LogP contribution < -0.4 is 11.1 Å². The molecule has 23 heteroatoms. The number of nitrogen functional groups attached to an aromatic ring is 1.